The summed E-state index contributed by atoms with van der Waals surface area (Å²) in [6, 6.07) is 2.92. The quantitative estimate of drug-likeness (QED) is 0.296. The van der Waals surface area contributed by atoms with Crippen LogP contribution in [-0.2, 0) is 9.59 Å². The Kier molecular flexibility index (Phi) is 4.49. The van der Waals surface area contributed by atoms with Gasteiger partial charge in [-0.1, -0.05) is 0 Å². The summed E-state index contributed by atoms with van der Waals surface area (Å²) in [6.45, 7) is 0. The Morgan fingerprint density at radius 1 is 1.38 bits per heavy atom. The van der Waals surface area contributed by atoms with E-state index in [4.69, 9.17) is 15.8 Å². The Balaban J connectivity index is 3.26. The molecule has 0 aliphatic rings. The molecule has 0 aliphatic heterocycles. The van der Waals surface area contributed by atoms with E-state index in [1.165, 1.54) is 0 Å². The largest absolute Gasteiger partial charge is 0.495 e. The Morgan fingerprint density at radius 3 is 2.38 bits per heavy atom. The van der Waals surface area contributed by atoms with Crippen LogP contribution in [-0.4, -0.2) is 25.0 Å². The molecule has 1 amide bonds. The van der Waals surface area contributed by atoms with Gasteiger partial charge in [-0.25, -0.2) is 15.2 Å². The Bertz CT molecular complexity index is 637. The number of carbonyl (C=O) groups excluding carboxylic acids is 2. The van der Waals surface area contributed by atoms with Crippen molar-refractivity contribution in [2.75, 3.05) is 12.1 Å². The van der Waals surface area contributed by atoms with Crippen molar-refractivity contribution in [3.05, 3.63) is 23.5 Å². The number of methoxy groups -OCH3 is 1. The predicted octanol–water partition coefficient (Wildman–Crippen LogP) is 1.04. The second-order valence-electron chi connectivity index (χ2n) is 3.62. The molecule has 21 heavy (non-hydrogen) atoms. The highest BCUT2D eigenvalue weighted by Gasteiger charge is 2.45. The molecule has 1 rings (SSSR count). The Morgan fingerprint density at radius 2 is 1.95 bits per heavy atom. The zero-order valence-electron chi connectivity index (χ0n) is 10.4. The van der Waals surface area contributed by atoms with Crippen LogP contribution < -0.4 is 15.6 Å². The van der Waals surface area contributed by atoms with Crippen molar-refractivity contribution in [2.24, 2.45) is 5.84 Å². The number of nitrogens with two attached hydrogens (primary N) is 1. The smallest absolute Gasteiger partial charge is 0.460 e. The third-order valence-corrected chi connectivity index (χ3v) is 2.32. The van der Waals surface area contributed by atoms with Gasteiger partial charge in [0.25, 0.3) is 0 Å². The van der Waals surface area contributed by atoms with E-state index in [2.05, 4.69) is 0 Å². The number of hydrazine groups is 1. The minimum atomic E-state index is -5.44. The van der Waals surface area contributed by atoms with Gasteiger partial charge >= 0.3 is 17.9 Å². The van der Waals surface area contributed by atoms with E-state index in [0.717, 1.165) is 13.2 Å². The fourth-order valence-corrected chi connectivity index (χ4v) is 1.32. The lowest BCUT2D eigenvalue weighted by molar-refractivity contribution is -0.174. The van der Waals surface area contributed by atoms with Gasteiger partial charge in [-0.15, -0.1) is 0 Å². The van der Waals surface area contributed by atoms with Crippen LogP contribution >= 0.6 is 0 Å². The highest BCUT2D eigenvalue weighted by Crippen LogP contribution is 2.28. The molecule has 0 heterocycles. The number of nitriles is 1. The third-order valence-electron chi connectivity index (χ3n) is 2.32. The number of ether oxygens (including phenoxy) is 1. The summed E-state index contributed by atoms with van der Waals surface area (Å²) in [5.41, 5.74) is -1.10. The summed E-state index contributed by atoms with van der Waals surface area (Å²) in [6.07, 6.45) is -5.44. The summed E-state index contributed by atoms with van der Waals surface area (Å²) in [5, 5.41) is 8.40. The molecule has 0 radical (unpaired) electrons. The number of anilines is 1. The van der Waals surface area contributed by atoms with E-state index in [1.54, 1.807) is 6.07 Å². The molecule has 6 nitrogen and oxygen atoms in total. The minimum absolute atomic E-state index is 0.225. The first kappa shape index (κ1) is 16.4. The normalized spacial score (nSPS) is 10.7. The van der Waals surface area contributed by atoms with Gasteiger partial charge in [0.05, 0.1) is 12.7 Å². The number of benzene rings is 1. The topological polar surface area (TPSA) is 96.4 Å². The summed E-state index contributed by atoms with van der Waals surface area (Å²) < 4.78 is 54.7. The first-order valence-corrected chi connectivity index (χ1v) is 5.11. The number of hydrogen-bond acceptors (Lipinski definition) is 5. The molecule has 0 bridgehead atoms. The summed E-state index contributed by atoms with van der Waals surface area (Å²) in [7, 11) is 1.11. The van der Waals surface area contributed by atoms with E-state index >= 15 is 0 Å². The first-order valence-electron chi connectivity index (χ1n) is 5.11. The first-order chi connectivity index (χ1) is 9.63. The van der Waals surface area contributed by atoms with Crippen molar-refractivity contribution in [3.8, 4) is 11.8 Å². The van der Waals surface area contributed by atoms with E-state index in [-0.39, 0.29) is 16.3 Å². The zero-order chi connectivity index (χ0) is 16.4. The zero-order valence-corrected chi connectivity index (χ0v) is 10.4. The number of alkyl halides is 3. The molecule has 0 saturated heterocycles. The molecule has 0 aliphatic carbocycles. The lowest BCUT2D eigenvalue weighted by atomic mass is 10.1. The molecule has 1 aromatic rings. The molecule has 2 N–H and O–H groups in total. The summed E-state index contributed by atoms with van der Waals surface area (Å²) in [4.78, 5) is 22.0. The average molecular weight is 305 g/mol. The van der Waals surface area contributed by atoms with Crippen molar-refractivity contribution in [1.82, 2.24) is 0 Å². The van der Waals surface area contributed by atoms with Crippen LogP contribution in [0.15, 0.2) is 12.1 Å². The average Bonchev–Trinajstić information content (AvgIpc) is 2.43. The molecule has 0 atom stereocenters. The number of halogens is 4. The van der Waals surface area contributed by atoms with E-state index in [0.29, 0.717) is 6.07 Å². The van der Waals surface area contributed by atoms with E-state index in [9.17, 15) is 27.2 Å². The standard InChI is InChI=1S/C11H7F4N3O3/c1-21-8-3-7(6(12)2-5(8)4-16)18(17)10(20)9(19)11(13,14)15/h2-3H,17H2,1H3. The molecule has 0 unspecified atom stereocenters. The number of hydrogen-bond donors (Lipinski definition) is 1. The molecular formula is C11H7F4N3O3. The maximum absolute atomic E-state index is 13.7. The monoisotopic (exact) mass is 305 g/mol. The number of nitrogens with zero attached hydrogens (tertiary/aromatic N) is 2. The van der Waals surface area contributed by atoms with Crippen molar-refractivity contribution >= 4 is 17.4 Å². The molecule has 112 valence electrons. The van der Waals surface area contributed by atoms with Gasteiger partial charge in [0.2, 0.25) is 0 Å². The Hall–Kier alpha value is -2.67. The summed E-state index contributed by atoms with van der Waals surface area (Å²) >= 11 is 0. The number of amides is 1. The van der Waals surface area contributed by atoms with Crippen LogP contribution in [0.5, 0.6) is 5.75 Å². The molecule has 1 aromatic carbocycles. The van der Waals surface area contributed by atoms with Gasteiger partial charge in [-0.3, -0.25) is 9.59 Å². The number of carbonyl (C=O) groups is 2. The van der Waals surface area contributed by atoms with Crippen LogP contribution in [0.25, 0.3) is 0 Å². The lowest BCUT2D eigenvalue weighted by Gasteiger charge is -2.18. The van der Waals surface area contributed by atoms with Gasteiger partial charge in [0, 0.05) is 6.07 Å². The van der Waals surface area contributed by atoms with Gasteiger partial charge in [0.15, 0.2) is 0 Å². The maximum Gasteiger partial charge on any atom is 0.460 e. The molecule has 0 fully saturated rings. The molecule has 0 spiro atoms. The highest BCUT2D eigenvalue weighted by molar-refractivity contribution is 6.42. The molecule has 0 saturated carbocycles. The van der Waals surface area contributed by atoms with Crippen molar-refractivity contribution in [3.63, 3.8) is 0 Å². The summed E-state index contributed by atoms with van der Waals surface area (Å²) in [5.74, 6) is -1.38. The molecular weight excluding hydrogens is 298 g/mol. The Labute approximate surface area is 115 Å². The van der Waals surface area contributed by atoms with E-state index in [1.807, 2.05) is 0 Å². The van der Waals surface area contributed by atoms with Crippen LogP contribution in [0.4, 0.5) is 23.2 Å². The number of Topliss-reactive ketones (excluding diaryl/α,β-unsaturated/α-hetero) is 1. The fraction of sp³-hybridized carbons (Fsp3) is 0.182. The van der Waals surface area contributed by atoms with Crippen molar-refractivity contribution in [1.29, 1.82) is 5.26 Å². The van der Waals surface area contributed by atoms with Gasteiger partial charge in [-0.2, -0.15) is 18.4 Å². The van der Waals surface area contributed by atoms with Crippen molar-refractivity contribution < 1.29 is 31.9 Å². The molecule has 0 aromatic heterocycles. The van der Waals surface area contributed by atoms with Crippen LogP contribution in [0, 0.1) is 17.1 Å². The van der Waals surface area contributed by atoms with Crippen LogP contribution in [0.3, 0.4) is 0 Å². The van der Waals surface area contributed by atoms with Gasteiger partial charge < -0.3 is 4.74 Å². The SMILES string of the molecule is COc1cc(N(N)C(=O)C(=O)C(F)(F)F)c(F)cc1C#N. The van der Waals surface area contributed by atoms with Crippen LogP contribution in [0.1, 0.15) is 5.56 Å². The fourth-order valence-electron chi connectivity index (χ4n) is 1.32. The second kappa shape index (κ2) is 5.76. The van der Waals surface area contributed by atoms with Crippen molar-refractivity contribution in [2.45, 2.75) is 6.18 Å². The van der Waals surface area contributed by atoms with Crippen LogP contribution in [0.2, 0.25) is 0 Å². The second-order valence-corrected chi connectivity index (χ2v) is 3.62. The molecule has 10 heteroatoms. The van der Waals surface area contributed by atoms with Gasteiger partial charge in [0.1, 0.15) is 23.3 Å². The number of ketones is 1. The predicted molar refractivity (Wildman–Crippen MR) is 60.4 cm³/mol. The lowest BCUT2D eigenvalue weighted by Crippen LogP contribution is -2.47. The third kappa shape index (κ3) is 3.26. The number of rotatable bonds is 3. The highest BCUT2D eigenvalue weighted by atomic mass is 19.4. The minimum Gasteiger partial charge on any atom is -0.495 e. The van der Waals surface area contributed by atoms with Gasteiger partial charge in [-0.05, 0) is 6.07 Å². The van der Waals surface area contributed by atoms with E-state index < -0.39 is 29.4 Å². The maximum atomic E-state index is 13.7.